The Labute approximate surface area is 125 Å². The van der Waals surface area contributed by atoms with Crippen LogP contribution in [0.15, 0.2) is 6.07 Å². The van der Waals surface area contributed by atoms with Crippen molar-refractivity contribution >= 4 is 10.0 Å². The normalized spacial score (nSPS) is 16.2. The molecule has 0 aliphatic carbocycles. The molecule has 2 aliphatic heterocycles. The number of rotatable bonds is 6. The van der Waals surface area contributed by atoms with E-state index in [0.29, 0.717) is 26.2 Å². The van der Waals surface area contributed by atoms with Gasteiger partial charge in [-0.3, -0.25) is 0 Å². The molecule has 0 saturated heterocycles. The minimum absolute atomic E-state index is 0.179. The van der Waals surface area contributed by atoms with Crippen LogP contribution in [-0.4, -0.2) is 27.4 Å². The van der Waals surface area contributed by atoms with Gasteiger partial charge in [0.15, 0.2) is 0 Å². The third kappa shape index (κ3) is 3.01. The van der Waals surface area contributed by atoms with Gasteiger partial charge < -0.3 is 9.47 Å². The molecule has 1 N–H and O–H groups in total. The Morgan fingerprint density at radius 1 is 1.24 bits per heavy atom. The van der Waals surface area contributed by atoms with Crippen molar-refractivity contribution in [3.05, 3.63) is 22.8 Å². The van der Waals surface area contributed by atoms with Gasteiger partial charge in [0.1, 0.15) is 11.5 Å². The van der Waals surface area contributed by atoms with Crippen molar-refractivity contribution in [2.45, 2.75) is 39.2 Å². The highest BCUT2D eigenvalue weighted by Crippen LogP contribution is 2.40. The Morgan fingerprint density at radius 3 is 2.86 bits per heavy atom. The Kier molecular flexibility index (Phi) is 4.08. The number of fused-ring (bicyclic) bond motifs is 2. The van der Waals surface area contributed by atoms with Gasteiger partial charge in [0, 0.05) is 36.1 Å². The maximum Gasteiger partial charge on any atom is 0.211 e. The molecule has 21 heavy (non-hydrogen) atoms. The SMILES string of the molecule is CCCCS(=O)(=O)NCc1c2c(cc3c1OCC3)OCC2. The van der Waals surface area contributed by atoms with Gasteiger partial charge in [0.2, 0.25) is 10.0 Å². The third-order valence-corrected chi connectivity index (χ3v) is 5.41. The first-order valence-electron chi connectivity index (χ1n) is 7.51. The van der Waals surface area contributed by atoms with Gasteiger partial charge in [-0.25, -0.2) is 13.1 Å². The topological polar surface area (TPSA) is 64.6 Å². The van der Waals surface area contributed by atoms with E-state index in [1.54, 1.807) is 0 Å². The number of ether oxygens (including phenoxy) is 2. The summed E-state index contributed by atoms with van der Waals surface area (Å²) in [5, 5.41) is 0. The van der Waals surface area contributed by atoms with E-state index < -0.39 is 10.0 Å². The van der Waals surface area contributed by atoms with Gasteiger partial charge in [-0.1, -0.05) is 13.3 Å². The lowest BCUT2D eigenvalue weighted by atomic mass is 10.00. The largest absolute Gasteiger partial charge is 0.493 e. The van der Waals surface area contributed by atoms with Crippen molar-refractivity contribution in [2.75, 3.05) is 19.0 Å². The summed E-state index contributed by atoms with van der Waals surface area (Å²) in [5.74, 6) is 1.93. The van der Waals surface area contributed by atoms with Gasteiger partial charge in [-0.05, 0) is 12.5 Å². The minimum Gasteiger partial charge on any atom is -0.493 e. The molecule has 1 aromatic rings. The van der Waals surface area contributed by atoms with Crippen molar-refractivity contribution in [3.63, 3.8) is 0 Å². The first-order valence-corrected chi connectivity index (χ1v) is 9.16. The zero-order chi connectivity index (χ0) is 14.9. The smallest absolute Gasteiger partial charge is 0.211 e. The summed E-state index contributed by atoms with van der Waals surface area (Å²) in [5.41, 5.74) is 3.17. The number of sulfonamides is 1. The van der Waals surface area contributed by atoms with Crippen LogP contribution in [0.3, 0.4) is 0 Å². The van der Waals surface area contributed by atoms with Gasteiger partial charge in [-0.2, -0.15) is 0 Å². The highest BCUT2D eigenvalue weighted by molar-refractivity contribution is 7.89. The number of hydrogen-bond donors (Lipinski definition) is 1. The molecule has 1 aromatic carbocycles. The average Bonchev–Trinajstić information content (AvgIpc) is 3.09. The van der Waals surface area contributed by atoms with E-state index in [-0.39, 0.29) is 5.75 Å². The first-order chi connectivity index (χ1) is 10.1. The summed E-state index contributed by atoms with van der Waals surface area (Å²) in [7, 11) is -3.22. The highest BCUT2D eigenvalue weighted by atomic mass is 32.2. The molecule has 3 rings (SSSR count). The fraction of sp³-hybridized carbons (Fsp3) is 0.600. The zero-order valence-electron chi connectivity index (χ0n) is 12.3. The van der Waals surface area contributed by atoms with Crippen LogP contribution in [0, 0.1) is 0 Å². The van der Waals surface area contributed by atoms with Crippen molar-refractivity contribution in [2.24, 2.45) is 0 Å². The molecule has 6 heteroatoms. The van der Waals surface area contributed by atoms with Crippen molar-refractivity contribution in [1.29, 1.82) is 0 Å². The zero-order valence-corrected chi connectivity index (χ0v) is 13.1. The Morgan fingerprint density at radius 2 is 2.05 bits per heavy atom. The lowest BCUT2D eigenvalue weighted by Gasteiger charge is -2.14. The molecule has 0 bridgehead atoms. The fourth-order valence-electron chi connectivity index (χ4n) is 2.86. The van der Waals surface area contributed by atoms with Crippen LogP contribution < -0.4 is 14.2 Å². The summed E-state index contributed by atoms with van der Waals surface area (Å²) >= 11 is 0. The molecule has 2 aliphatic rings. The quantitative estimate of drug-likeness (QED) is 0.870. The molecular formula is C15H21NO4S. The van der Waals surface area contributed by atoms with Crippen LogP contribution in [0.5, 0.6) is 11.5 Å². The molecule has 0 unspecified atom stereocenters. The van der Waals surface area contributed by atoms with Crippen LogP contribution >= 0.6 is 0 Å². The third-order valence-electron chi connectivity index (χ3n) is 4.00. The molecule has 116 valence electrons. The van der Waals surface area contributed by atoms with E-state index in [1.165, 1.54) is 0 Å². The summed E-state index contributed by atoms with van der Waals surface area (Å²) in [6, 6.07) is 2.04. The average molecular weight is 311 g/mol. The fourth-order valence-corrected chi connectivity index (χ4v) is 4.04. The summed E-state index contributed by atoms with van der Waals surface area (Å²) in [6.45, 7) is 3.60. The monoisotopic (exact) mass is 311 g/mol. The minimum atomic E-state index is -3.22. The molecule has 2 heterocycles. The molecule has 0 atom stereocenters. The van der Waals surface area contributed by atoms with Gasteiger partial charge in [0.25, 0.3) is 0 Å². The van der Waals surface area contributed by atoms with Gasteiger partial charge in [-0.15, -0.1) is 0 Å². The van der Waals surface area contributed by atoms with E-state index in [2.05, 4.69) is 4.72 Å². The number of hydrogen-bond acceptors (Lipinski definition) is 4. The predicted molar refractivity (Wildman–Crippen MR) is 80.4 cm³/mol. The van der Waals surface area contributed by atoms with Crippen LogP contribution in [0.4, 0.5) is 0 Å². The lowest BCUT2D eigenvalue weighted by Crippen LogP contribution is -2.26. The van der Waals surface area contributed by atoms with Crippen LogP contribution in [-0.2, 0) is 29.4 Å². The summed E-state index contributed by atoms with van der Waals surface area (Å²) < 4.78 is 38.0. The molecule has 0 radical (unpaired) electrons. The van der Waals surface area contributed by atoms with Crippen LogP contribution in [0.1, 0.15) is 36.5 Å². The highest BCUT2D eigenvalue weighted by Gasteiger charge is 2.27. The van der Waals surface area contributed by atoms with Crippen LogP contribution in [0.2, 0.25) is 0 Å². The number of nitrogens with one attached hydrogen (secondary N) is 1. The maximum atomic E-state index is 12.0. The van der Waals surface area contributed by atoms with E-state index in [4.69, 9.17) is 9.47 Å². The second kappa shape index (κ2) is 5.85. The number of unbranched alkanes of at least 4 members (excludes halogenated alkanes) is 1. The van der Waals surface area contributed by atoms with Crippen molar-refractivity contribution in [3.8, 4) is 11.5 Å². The molecule has 0 fully saturated rings. The van der Waals surface area contributed by atoms with E-state index in [9.17, 15) is 8.42 Å². The van der Waals surface area contributed by atoms with Gasteiger partial charge >= 0.3 is 0 Å². The van der Waals surface area contributed by atoms with E-state index >= 15 is 0 Å². The van der Waals surface area contributed by atoms with E-state index in [1.807, 2.05) is 13.0 Å². The molecule has 0 amide bonds. The number of benzene rings is 1. The molecule has 5 nitrogen and oxygen atoms in total. The Hall–Kier alpha value is -1.27. The lowest BCUT2D eigenvalue weighted by molar-refractivity contribution is 0.352. The molecular weight excluding hydrogens is 290 g/mol. The first kappa shape index (κ1) is 14.7. The van der Waals surface area contributed by atoms with Crippen molar-refractivity contribution < 1.29 is 17.9 Å². The summed E-state index contributed by atoms with van der Waals surface area (Å²) in [4.78, 5) is 0. The van der Waals surface area contributed by atoms with Crippen LogP contribution in [0.25, 0.3) is 0 Å². The molecule has 0 spiro atoms. The van der Waals surface area contributed by atoms with E-state index in [0.717, 1.165) is 47.5 Å². The molecule has 0 aromatic heterocycles. The maximum absolute atomic E-state index is 12.0. The summed E-state index contributed by atoms with van der Waals surface area (Å²) in [6.07, 6.45) is 3.23. The predicted octanol–water partition coefficient (Wildman–Crippen LogP) is 1.78. The Bertz CT molecular complexity index is 607. The Balaban J connectivity index is 1.83. The van der Waals surface area contributed by atoms with Gasteiger partial charge in [0.05, 0.1) is 19.0 Å². The molecule has 0 saturated carbocycles. The standard InChI is InChI=1S/C15H21NO4S/c1-2-3-8-21(17,18)16-10-13-12-5-7-19-14(12)9-11-4-6-20-15(11)13/h9,16H,2-8,10H2,1H3. The second-order valence-corrected chi connectivity index (χ2v) is 7.44. The second-order valence-electron chi connectivity index (χ2n) is 5.51. The van der Waals surface area contributed by atoms with Crippen molar-refractivity contribution in [1.82, 2.24) is 4.72 Å².